The van der Waals surface area contributed by atoms with Crippen LogP contribution in [0.25, 0.3) is 0 Å². The van der Waals surface area contributed by atoms with Crippen LogP contribution in [0.1, 0.15) is 27.6 Å². The van der Waals surface area contributed by atoms with Crippen molar-refractivity contribution in [3.05, 3.63) is 51.2 Å². The number of hydrogen-bond donors (Lipinski definition) is 0. The van der Waals surface area contributed by atoms with E-state index in [-0.39, 0.29) is 23.7 Å². The zero-order chi connectivity index (χ0) is 14.7. The SMILES string of the molecule is Cc1noc(COC(=O)c2cccc(C)c2[N+](=O)[O-])n1. The number of esters is 1. The lowest BCUT2D eigenvalue weighted by Gasteiger charge is -2.04. The minimum Gasteiger partial charge on any atom is -0.452 e. The summed E-state index contributed by atoms with van der Waals surface area (Å²) in [5.74, 6) is -0.264. The van der Waals surface area contributed by atoms with Crippen LogP contribution in [0.4, 0.5) is 5.69 Å². The molecule has 0 N–H and O–H groups in total. The molecule has 0 aliphatic rings. The van der Waals surface area contributed by atoms with E-state index in [1.54, 1.807) is 26.0 Å². The number of benzene rings is 1. The summed E-state index contributed by atoms with van der Waals surface area (Å²) in [6, 6.07) is 4.44. The van der Waals surface area contributed by atoms with Gasteiger partial charge in [0, 0.05) is 5.56 Å². The van der Waals surface area contributed by atoms with Crippen LogP contribution < -0.4 is 0 Å². The summed E-state index contributed by atoms with van der Waals surface area (Å²) >= 11 is 0. The second-order valence-corrected chi connectivity index (χ2v) is 4.04. The van der Waals surface area contributed by atoms with Crippen LogP contribution in [-0.4, -0.2) is 21.0 Å². The molecule has 0 radical (unpaired) electrons. The molecule has 1 aromatic heterocycles. The fraction of sp³-hybridized carbons (Fsp3) is 0.250. The molecular weight excluding hydrogens is 266 g/mol. The summed E-state index contributed by atoms with van der Waals surface area (Å²) in [5.41, 5.74) is 0.0172. The van der Waals surface area contributed by atoms with Crippen molar-refractivity contribution in [2.45, 2.75) is 20.5 Å². The summed E-state index contributed by atoms with van der Waals surface area (Å²) in [6.07, 6.45) is 0. The Bertz CT molecular complexity index is 665. The molecule has 1 heterocycles. The fourth-order valence-electron chi connectivity index (χ4n) is 1.67. The zero-order valence-electron chi connectivity index (χ0n) is 10.8. The number of carbonyl (C=O) groups is 1. The maximum Gasteiger partial charge on any atom is 0.345 e. The van der Waals surface area contributed by atoms with Gasteiger partial charge in [-0.05, 0) is 19.9 Å². The van der Waals surface area contributed by atoms with Crippen molar-refractivity contribution in [3.63, 3.8) is 0 Å². The lowest BCUT2D eigenvalue weighted by molar-refractivity contribution is -0.385. The highest BCUT2D eigenvalue weighted by Crippen LogP contribution is 2.23. The van der Waals surface area contributed by atoms with E-state index < -0.39 is 10.9 Å². The van der Waals surface area contributed by atoms with Gasteiger partial charge in [-0.3, -0.25) is 10.1 Å². The molecule has 2 rings (SSSR count). The molecule has 0 aliphatic heterocycles. The number of carbonyl (C=O) groups excluding carboxylic acids is 1. The van der Waals surface area contributed by atoms with E-state index in [0.29, 0.717) is 11.4 Å². The number of para-hydroxylation sites is 1. The first-order chi connectivity index (χ1) is 9.49. The second-order valence-electron chi connectivity index (χ2n) is 4.04. The predicted molar refractivity (Wildman–Crippen MR) is 66.0 cm³/mol. The summed E-state index contributed by atoms with van der Waals surface area (Å²) < 4.78 is 9.71. The highest BCUT2D eigenvalue weighted by molar-refractivity contribution is 5.94. The first-order valence-corrected chi connectivity index (χ1v) is 5.69. The van der Waals surface area contributed by atoms with Gasteiger partial charge in [-0.15, -0.1) is 0 Å². The largest absolute Gasteiger partial charge is 0.452 e. The molecule has 20 heavy (non-hydrogen) atoms. The first kappa shape index (κ1) is 13.7. The van der Waals surface area contributed by atoms with E-state index in [4.69, 9.17) is 9.26 Å². The van der Waals surface area contributed by atoms with Crippen molar-refractivity contribution in [1.82, 2.24) is 10.1 Å². The van der Waals surface area contributed by atoms with E-state index in [1.807, 2.05) is 0 Å². The van der Waals surface area contributed by atoms with E-state index in [1.165, 1.54) is 6.07 Å². The highest BCUT2D eigenvalue weighted by atomic mass is 16.6. The Morgan fingerprint density at radius 2 is 2.20 bits per heavy atom. The predicted octanol–water partition coefficient (Wildman–Crippen LogP) is 1.95. The fourth-order valence-corrected chi connectivity index (χ4v) is 1.67. The maximum atomic E-state index is 11.9. The number of aromatic nitrogens is 2. The molecule has 1 aromatic carbocycles. The van der Waals surface area contributed by atoms with Crippen LogP contribution in [0.5, 0.6) is 0 Å². The van der Waals surface area contributed by atoms with Gasteiger partial charge in [0.2, 0.25) is 0 Å². The molecule has 8 heteroatoms. The average Bonchev–Trinajstić information content (AvgIpc) is 2.81. The van der Waals surface area contributed by atoms with Crippen molar-refractivity contribution in [3.8, 4) is 0 Å². The van der Waals surface area contributed by atoms with Crippen molar-refractivity contribution in [2.75, 3.05) is 0 Å². The van der Waals surface area contributed by atoms with Gasteiger partial charge in [0.25, 0.3) is 11.6 Å². The van der Waals surface area contributed by atoms with Crippen LogP contribution in [0, 0.1) is 24.0 Å². The third kappa shape index (κ3) is 2.79. The van der Waals surface area contributed by atoms with Crippen molar-refractivity contribution in [1.29, 1.82) is 0 Å². The maximum absolute atomic E-state index is 11.9. The Hall–Kier alpha value is -2.77. The van der Waals surface area contributed by atoms with E-state index in [9.17, 15) is 14.9 Å². The lowest BCUT2D eigenvalue weighted by Crippen LogP contribution is -2.09. The summed E-state index contributed by atoms with van der Waals surface area (Å²) in [4.78, 5) is 26.1. The second kappa shape index (κ2) is 5.47. The van der Waals surface area contributed by atoms with Gasteiger partial charge in [-0.25, -0.2) is 4.79 Å². The van der Waals surface area contributed by atoms with Gasteiger partial charge in [0.15, 0.2) is 12.4 Å². The van der Waals surface area contributed by atoms with E-state index >= 15 is 0 Å². The summed E-state index contributed by atoms with van der Waals surface area (Å²) in [7, 11) is 0. The Morgan fingerprint density at radius 3 is 2.80 bits per heavy atom. The number of hydrogen-bond acceptors (Lipinski definition) is 7. The van der Waals surface area contributed by atoms with Crippen LogP contribution in [-0.2, 0) is 11.3 Å². The lowest BCUT2D eigenvalue weighted by atomic mass is 10.1. The third-order valence-electron chi connectivity index (χ3n) is 2.54. The molecule has 0 fully saturated rings. The van der Waals surface area contributed by atoms with Gasteiger partial charge in [0.05, 0.1) is 4.92 Å². The third-order valence-corrected chi connectivity index (χ3v) is 2.54. The smallest absolute Gasteiger partial charge is 0.345 e. The molecule has 0 aliphatic carbocycles. The minimum atomic E-state index is -0.809. The summed E-state index contributed by atoms with van der Waals surface area (Å²) in [5, 5.41) is 14.5. The van der Waals surface area contributed by atoms with Crippen LogP contribution in [0.2, 0.25) is 0 Å². The quantitative estimate of drug-likeness (QED) is 0.477. The topological polar surface area (TPSA) is 108 Å². The van der Waals surface area contributed by atoms with Crippen LogP contribution in [0.3, 0.4) is 0 Å². The molecule has 8 nitrogen and oxygen atoms in total. The van der Waals surface area contributed by atoms with Crippen molar-refractivity contribution < 1.29 is 19.0 Å². The standard InChI is InChI=1S/C12H11N3O5/c1-7-4-3-5-9(11(7)15(17)18)12(16)19-6-10-13-8(2)14-20-10/h3-5H,6H2,1-2H3. The Morgan fingerprint density at radius 1 is 1.45 bits per heavy atom. The first-order valence-electron chi connectivity index (χ1n) is 5.69. The normalized spacial score (nSPS) is 10.3. The van der Waals surface area contributed by atoms with Crippen LogP contribution >= 0.6 is 0 Å². The Labute approximate surface area is 113 Å². The van der Waals surface area contributed by atoms with Crippen molar-refractivity contribution >= 4 is 11.7 Å². The average molecular weight is 277 g/mol. The number of nitrogens with zero attached hydrogens (tertiary/aromatic N) is 3. The van der Waals surface area contributed by atoms with Gasteiger partial charge in [-0.1, -0.05) is 17.3 Å². The van der Waals surface area contributed by atoms with Gasteiger partial charge < -0.3 is 9.26 Å². The summed E-state index contributed by atoms with van der Waals surface area (Å²) in [6.45, 7) is 2.95. The number of nitro groups is 1. The molecule has 0 unspecified atom stereocenters. The molecule has 0 saturated carbocycles. The van der Waals surface area contributed by atoms with E-state index in [0.717, 1.165) is 0 Å². The molecule has 0 spiro atoms. The zero-order valence-corrected chi connectivity index (χ0v) is 10.8. The Balaban J connectivity index is 2.17. The molecule has 0 atom stereocenters. The molecule has 0 saturated heterocycles. The van der Waals surface area contributed by atoms with Gasteiger partial charge in [-0.2, -0.15) is 4.98 Å². The number of aryl methyl sites for hydroxylation is 2. The molecule has 104 valence electrons. The Kier molecular flexibility index (Phi) is 3.74. The van der Waals surface area contributed by atoms with E-state index in [2.05, 4.69) is 10.1 Å². The molecule has 2 aromatic rings. The van der Waals surface area contributed by atoms with Gasteiger partial charge >= 0.3 is 5.97 Å². The van der Waals surface area contributed by atoms with Crippen molar-refractivity contribution in [2.24, 2.45) is 0 Å². The number of ether oxygens (including phenoxy) is 1. The monoisotopic (exact) mass is 277 g/mol. The van der Waals surface area contributed by atoms with Crippen LogP contribution in [0.15, 0.2) is 22.7 Å². The highest BCUT2D eigenvalue weighted by Gasteiger charge is 2.23. The number of nitro benzene ring substituents is 1. The molecule has 0 amide bonds. The van der Waals surface area contributed by atoms with Gasteiger partial charge in [0.1, 0.15) is 5.56 Å². The minimum absolute atomic E-state index is 0.105. The number of rotatable bonds is 4. The molecule has 0 bridgehead atoms. The molecular formula is C12H11N3O5.